The van der Waals surface area contributed by atoms with E-state index in [1.807, 2.05) is 18.2 Å². The Morgan fingerprint density at radius 2 is 2.21 bits per heavy atom. The molecule has 1 aliphatic heterocycles. The number of carbonyl (C=O) groups is 1. The van der Waals surface area contributed by atoms with Gasteiger partial charge < -0.3 is 13.9 Å². The summed E-state index contributed by atoms with van der Waals surface area (Å²) in [5.41, 5.74) is 2.87. The molecule has 0 unspecified atom stereocenters. The number of imidazole rings is 1. The minimum absolute atomic E-state index is 0.0408. The summed E-state index contributed by atoms with van der Waals surface area (Å²) in [4.78, 5) is 21.6. The van der Waals surface area contributed by atoms with Crippen molar-refractivity contribution < 1.29 is 9.21 Å². The highest BCUT2D eigenvalue weighted by molar-refractivity contribution is 5.95. The Morgan fingerprint density at radius 1 is 1.42 bits per heavy atom. The molecule has 0 aliphatic carbocycles. The van der Waals surface area contributed by atoms with Gasteiger partial charge in [-0.2, -0.15) is 0 Å². The van der Waals surface area contributed by atoms with E-state index in [1.54, 1.807) is 12.3 Å². The Labute approximate surface area is 143 Å². The molecule has 6 heteroatoms. The Morgan fingerprint density at radius 3 is 2.88 bits per heavy atom. The Bertz CT molecular complexity index is 716. The first-order valence-electron chi connectivity index (χ1n) is 8.54. The molecule has 0 fully saturated rings. The molecule has 0 N–H and O–H groups in total. The molecule has 0 aromatic carbocycles. The van der Waals surface area contributed by atoms with E-state index in [4.69, 9.17) is 4.42 Å². The third-order valence-corrected chi connectivity index (χ3v) is 4.86. The van der Waals surface area contributed by atoms with E-state index in [9.17, 15) is 4.79 Å². The van der Waals surface area contributed by atoms with Gasteiger partial charge in [0.15, 0.2) is 0 Å². The molecule has 3 rings (SSSR count). The Kier molecular flexibility index (Phi) is 4.76. The largest absolute Gasteiger partial charge is 0.469 e. The van der Waals surface area contributed by atoms with E-state index in [0.29, 0.717) is 23.9 Å². The molecule has 2 aromatic heterocycles. The third-order valence-electron chi connectivity index (χ3n) is 4.86. The first-order chi connectivity index (χ1) is 11.5. The number of hydrogen-bond acceptors (Lipinski definition) is 4. The average Bonchev–Trinajstić information content (AvgIpc) is 3.06. The van der Waals surface area contributed by atoms with Crippen LogP contribution in [0, 0.1) is 6.92 Å². The average molecular weight is 330 g/mol. The molecule has 0 atom stereocenters. The van der Waals surface area contributed by atoms with E-state index in [2.05, 4.69) is 35.3 Å². The van der Waals surface area contributed by atoms with Crippen LogP contribution in [0.1, 0.15) is 47.8 Å². The molecule has 3 heterocycles. The fourth-order valence-electron chi connectivity index (χ4n) is 3.02. The van der Waals surface area contributed by atoms with E-state index < -0.39 is 0 Å². The lowest BCUT2D eigenvalue weighted by Gasteiger charge is -2.23. The summed E-state index contributed by atoms with van der Waals surface area (Å²) in [6, 6.07) is 2.22. The normalized spacial score (nSPS) is 15.0. The monoisotopic (exact) mass is 330 g/mol. The zero-order valence-electron chi connectivity index (χ0n) is 15.0. The van der Waals surface area contributed by atoms with Crippen molar-refractivity contribution in [3.8, 4) is 0 Å². The number of furan rings is 1. The molecule has 2 aromatic rings. The van der Waals surface area contributed by atoms with Gasteiger partial charge >= 0.3 is 0 Å². The topological polar surface area (TPSA) is 54.5 Å². The van der Waals surface area contributed by atoms with E-state index in [0.717, 1.165) is 37.4 Å². The number of nitrogens with zero attached hydrogens (tertiary/aromatic N) is 4. The summed E-state index contributed by atoms with van der Waals surface area (Å²) in [6.07, 6.45) is 4.43. The number of fused-ring (bicyclic) bond motifs is 1. The molecular weight excluding hydrogens is 304 g/mol. The number of hydrogen-bond donors (Lipinski definition) is 0. The molecule has 1 aliphatic rings. The highest BCUT2D eigenvalue weighted by Crippen LogP contribution is 2.21. The number of aryl methyl sites for hydroxylation is 2. The third kappa shape index (κ3) is 3.24. The predicted octanol–water partition coefficient (Wildman–Crippen LogP) is 2.67. The van der Waals surface area contributed by atoms with Crippen molar-refractivity contribution in [2.24, 2.45) is 0 Å². The molecule has 0 radical (unpaired) electrons. The van der Waals surface area contributed by atoms with Crippen LogP contribution in [0.3, 0.4) is 0 Å². The zero-order chi connectivity index (χ0) is 17.3. The lowest BCUT2D eigenvalue weighted by molar-refractivity contribution is 0.0743. The van der Waals surface area contributed by atoms with Gasteiger partial charge in [-0.15, -0.1) is 0 Å². The molecule has 6 nitrogen and oxygen atoms in total. The first kappa shape index (κ1) is 16.8. The maximum Gasteiger partial charge on any atom is 0.257 e. The van der Waals surface area contributed by atoms with Crippen LogP contribution in [-0.4, -0.2) is 44.9 Å². The molecule has 130 valence electrons. The zero-order valence-corrected chi connectivity index (χ0v) is 15.0. The summed E-state index contributed by atoms with van der Waals surface area (Å²) in [5.74, 6) is 0.719. The second kappa shape index (κ2) is 6.81. The second-order valence-electron chi connectivity index (χ2n) is 6.81. The van der Waals surface area contributed by atoms with Crippen molar-refractivity contribution in [3.63, 3.8) is 0 Å². The molecule has 0 saturated carbocycles. The fourth-order valence-corrected chi connectivity index (χ4v) is 3.02. The highest BCUT2D eigenvalue weighted by Gasteiger charge is 2.25. The number of rotatable bonds is 4. The van der Waals surface area contributed by atoms with E-state index in [-0.39, 0.29) is 5.91 Å². The minimum atomic E-state index is 0.0408. The number of carbonyl (C=O) groups excluding carboxylic acids is 1. The van der Waals surface area contributed by atoms with E-state index >= 15 is 0 Å². The summed E-state index contributed by atoms with van der Waals surface area (Å²) < 4.78 is 7.49. The van der Waals surface area contributed by atoms with Gasteiger partial charge in [-0.3, -0.25) is 9.69 Å². The van der Waals surface area contributed by atoms with Crippen LogP contribution in [0.2, 0.25) is 0 Å². The summed E-state index contributed by atoms with van der Waals surface area (Å²) >= 11 is 0. The Balaban J connectivity index is 1.83. The molecule has 0 bridgehead atoms. The second-order valence-corrected chi connectivity index (χ2v) is 6.81. The number of amides is 1. The van der Waals surface area contributed by atoms with Gasteiger partial charge in [0.1, 0.15) is 5.76 Å². The van der Waals surface area contributed by atoms with Crippen LogP contribution >= 0.6 is 0 Å². The first-order valence-corrected chi connectivity index (χ1v) is 8.54. The van der Waals surface area contributed by atoms with Crippen molar-refractivity contribution in [2.45, 2.75) is 52.9 Å². The fraction of sp³-hybridized carbons (Fsp3) is 0.556. The number of aromatic nitrogens is 2. The van der Waals surface area contributed by atoms with Gasteiger partial charge in [0, 0.05) is 25.7 Å². The van der Waals surface area contributed by atoms with Gasteiger partial charge in [-0.25, -0.2) is 4.98 Å². The van der Waals surface area contributed by atoms with Crippen LogP contribution in [0.4, 0.5) is 0 Å². The van der Waals surface area contributed by atoms with Crippen molar-refractivity contribution in [3.05, 3.63) is 41.4 Å². The lowest BCUT2D eigenvalue weighted by atomic mass is 10.2. The van der Waals surface area contributed by atoms with Crippen LogP contribution in [0.25, 0.3) is 0 Å². The predicted molar refractivity (Wildman–Crippen MR) is 91.6 cm³/mol. The SMILES string of the molecule is Cc1occc1C(=O)N1CCCn2cnc(CN(C)C(C)C)c2C1. The maximum atomic E-state index is 12.8. The van der Waals surface area contributed by atoms with Crippen LogP contribution < -0.4 is 0 Å². The van der Waals surface area contributed by atoms with Crippen molar-refractivity contribution in [1.29, 1.82) is 0 Å². The smallest absolute Gasteiger partial charge is 0.257 e. The van der Waals surface area contributed by atoms with Crippen LogP contribution in [0.15, 0.2) is 23.1 Å². The highest BCUT2D eigenvalue weighted by atomic mass is 16.3. The van der Waals surface area contributed by atoms with E-state index in [1.165, 1.54) is 0 Å². The molecular formula is C18H26N4O2. The van der Waals surface area contributed by atoms with Crippen LogP contribution in [0.5, 0.6) is 0 Å². The van der Waals surface area contributed by atoms with Crippen molar-refractivity contribution >= 4 is 5.91 Å². The van der Waals surface area contributed by atoms with Gasteiger partial charge in [0.2, 0.25) is 0 Å². The molecule has 1 amide bonds. The molecule has 0 saturated heterocycles. The quantitative estimate of drug-likeness (QED) is 0.865. The van der Waals surface area contributed by atoms with Gasteiger partial charge in [0.05, 0.1) is 36.1 Å². The maximum absolute atomic E-state index is 12.8. The van der Waals surface area contributed by atoms with Gasteiger partial charge in [-0.1, -0.05) is 0 Å². The standard InChI is InChI=1S/C18H26N4O2/c1-13(2)20(4)10-16-17-11-21(7-5-8-22(17)12-19-16)18(23)15-6-9-24-14(15)3/h6,9,12-13H,5,7-8,10-11H2,1-4H3. The molecule has 24 heavy (non-hydrogen) atoms. The summed E-state index contributed by atoms with van der Waals surface area (Å²) in [5, 5.41) is 0. The Hall–Kier alpha value is -2.08. The lowest BCUT2D eigenvalue weighted by Crippen LogP contribution is -2.32. The van der Waals surface area contributed by atoms with Gasteiger partial charge in [0.25, 0.3) is 5.91 Å². The summed E-state index contributed by atoms with van der Waals surface area (Å²) in [7, 11) is 2.10. The van der Waals surface area contributed by atoms with Crippen molar-refractivity contribution in [2.75, 3.05) is 13.6 Å². The van der Waals surface area contributed by atoms with Crippen LogP contribution in [-0.2, 0) is 19.6 Å². The molecule has 0 spiro atoms. The van der Waals surface area contributed by atoms with Crippen molar-refractivity contribution in [1.82, 2.24) is 19.4 Å². The minimum Gasteiger partial charge on any atom is -0.469 e. The van der Waals surface area contributed by atoms with Gasteiger partial charge in [-0.05, 0) is 40.3 Å². The summed E-state index contributed by atoms with van der Waals surface area (Å²) in [6.45, 7) is 9.24.